The number of aromatic amines is 1. The molecule has 2 N–H and O–H groups in total. The van der Waals surface area contributed by atoms with Crippen molar-refractivity contribution in [3.05, 3.63) is 21.6 Å². The third-order valence-corrected chi connectivity index (χ3v) is 2.66. The molecule has 84 valence electrons. The first-order valence-electron chi connectivity index (χ1n) is 4.30. The summed E-state index contributed by atoms with van der Waals surface area (Å²) in [7, 11) is 1.28. The van der Waals surface area contributed by atoms with Gasteiger partial charge in [0.15, 0.2) is 0 Å². The molecule has 2 aromatic rings. The Morgan fingerprint density at radius 2 is 2.38 bits per heavy atom. The SMILES string of the molecule is COC(=O)Nc1nc2c(Cl)cc(Br)cc2[nH]1. The summed E-state index contributed by atoms with van der Waals surface area (Å²) in [6.45, 7) is 0. The van der Waals surface area contributed by atoms with Crippen molar-refractivity contribution < 1.29 is 9.53 Å². The maximum Gasteiger partial charge on any atom is 0.413 e. The third-order valence-electron chi connectivity index (χ3n) is 1.91. The number of hydrogen-bond donors (Lipinski definition) is 2. The van der Waals surface area contributed by atoms with E-state index in [1.807, 2.05) is 6.07 Å². The molecule has 0 saturated heterocycles. The molecular formula is C9H7BrClN3O2. The number of nitrogens with zero attached hydrogens (tertiary/aromatic N) is 1. The van der Waals surface area contributed by atoms with Crippen LogP contribution in [0.2, 0.25) is 5.02 Å². The molecular weight excluding hydrogens is 297 g/mol. The van der Waals surface area contributed by atoms with E-state index in [2.05, 4.69) is 36.0 Å². The summed E-state index contributed by atoms with van der Waals surface area (Å²) >= 11 is 9.30. The number of imidazole rings is 1. The molecule has 0 aliphatic carbocycles. The molecule has 0 bridgehead atoms. The topological polar surface area (TPSA) is 67.0 Å². The fourth-order valence-electron chi connectivity index (χ4n) is 1.25. The molecule has 0 aliphatic heterocycles. The van der Waals surface area contributed by atoms with Gasteiger partial charge in [0.1, 0.15) is 5.52 Å². The lowest BCUT2D eigenvalue weighted by atomic mass is 10.3. The van der Waals surface area contributed by atoms with Gasteiger partial charge in [-0.2, -0.15) is 0 Å². The first kappa shape index (κ1) is 11.2. The van der Waals surface area contributed by atoms with E-state index in [0.29, 0.717) is 16.5 Å². The van der Waals surface area contributed by atoms with Gasteiger partial charge in [0, 0.05) is 4.47 Å². The number of hydrogen-bond acceptors (Lipinski definition) is 3. The first-order chi connectivity index (χ1) is 7.60. The Balaban J connectivity index is 2.44. The zero-order valence-electron chi connectivity index (χ0n) is 8.17. The molecule has 0 radical (unpaired) electrons. The smallest absolute Gasteiger partial charge is 0.413 e. The Hall–Kier alpha value is -1.27. The predicted octanol–water partition coefficient (Wildman–Crippen LogP) is 3.16. The van der Waals surface area contributed by atoms with Crippen LogP contribution in [0.25, 0.3) is 11.0 Å². The highest BCUT2D eigenvalue weighted by atomic mass is 79.9. The number of carbonyl (C=O) groups excluding carboxylic acids is 1. The Labute approximate surface area is 104 Å². The van der Waals surface area contributed by atoms with Crippen molar-refractivity contribution in [3.8, 4) is 0 Å². The number of benzene rings is 1. The van der Waals surface area contributed by atoms with Gasteiger partial charge in [-0.15, -0.1) is 0 Å². The van der Waals surface area contributed by atoms with Gasteiger partial charge < -0.3 is 9.72 Å². The molecule has 1 aromatic heterocycles. The van der Waals surface area contributed by atoms with Crippen molar-refractivity contribution in [2.45, 2.75) is 0 Å². The lowest BCUT2D eigenvalue weighted by Gasteiger charge is -1.96. The Morgan fingerprint density at radius 1 is 1.62 bits per heavy atom. The molecule has 0 spiro atoms. The highest BCUT2D eigenvalue weighted by molar-refractivity contribution is 9.10. The molecule has 16 heavy (non-hydrogen) atoms. The molecule has 0 aliphatic rings. The van der Waals surface area contributed by atoms with Gasteiger partial charge in [0.05, 0.1) is 17.6 Å². The molecule has 0 fully saturated rings. The highest BCUT2D eigenvalue weighted by Crippen LogP contribution is 2.27. The summed E-state index contributed by atoms with van der Waals surface area (Å²) in [6.07, 6.45) is -0.589. The van der Waals surface area contributed by atoms with Crippen LogP contribution in [0.1, 0.15) is 0 Å². The van der Waals surface area contributed by atoms with Crippen molar-refractivity contribution >= 4 is 50.6 Å². The van der Waals surface area contributed by atoms with E-state index < -0.39 is 6.09 Å². The van der Waals surface area contributed by atoms with Crippen LogP contribution < -0.4 is 5.32 Å². The van der Waals surface area contributed by atoms with Gasteiger partial charge in [-0.1, -0.05) is 27.5 Å². The van der Waals surface area contributed by atoms with E-state index in [1.165, 1.54) is 7.11 Å². The molecule has 7 heteroatoms. The van der Waals surface area contributed by atoms with Crippen molar-refractivity contribution in [1.82, 2.24) is 9.97 Å². The van der Waals surface area contributed by atoms with Crippen molar-refractivity contribution in [2.24, 2.45) is 0 Å². The summed E-state index contributed by atoms with van der Waals surface area (Å²) in [6, 6.07) is 3.54. The highest BCUT2D eigenvalue weighted by Gasteiger charge is 2.09. The molecule has 0 saturated carbocycles. The number of anilines is 1. The maximum atomic E-state index is 11.0. The van der Waals surface area contributed by atoms with E-state index >= 15 is 0 Å². The second kappa shape index (κ2) is 4.31. The number of amides is 1. The number of methoxy groups -OCH3 is 1. The van der Waals surface area contributed by atoms with Gasteiger partial charge in [-0.3, -0.25) is 5.32 Å². The van der Waals surface area contributed by atoms with Crippen LogP contribution in [0.4, 0.5) is 10.7 Å². The van der Waals surface area contributed by atoms with Gasteiger partial charge in [0.2, 0.25) is 5.95 Å². The van der Waals surface area contributed by atoms with Gasteiger partial charge in [-0.25, -0.2) is 9.78 Å². The van der Waals surface area contributed by atoms with E-state index in [0.717, 1.165) is 9.99 Å². The van der Waals surface area contributed by atoms with E-state index in [-0.39, 0.29) is 0 Å². The van der Waals surface area contributed by atoms with Crippen LogP contribution in [0.5, 0.6) is 0 Å². The van der Waals surface area contributed by atoms with Gasteiger partial charge >= 0.3 is 6.09 Å². The number of rotatable bonds is 1. The zero-order chi connectivity index (χ0) is 11.7. The largest absolute Gasteiger partial charge is 0.453 e. The van der Waals surface area contributed by atoms with Crippen LogP contribution in [0, 0.1) is 0 Å². The molecule has 1 amide bonds. The normalized spacial score (nSPS) is 10.4. The van der Waals surface area contributed by atoms with E-state index in [4.69, 9.17) is 11.6 Å². The van der Waals surface area contributed by atoms with Crippen LogP contribution in [0.3, 0.4) is 0 Å². The Kier molecular flexibility index (Phi) is 3.02. The fraction of sp³-hybridized carbons (Fsp3) is 0.111. The van der Waals surface area contributed by atoms with Gasteiger partial charge in [-0.05, 0) is 12.1 Å². The first-order valence-corrected chi connectivity index (χ1v) is 5.47. The zero-order valence-corrected chi connectivity index (χ0v) is 10.5. The van der Waals surface area contributed by atoms with Crippen molar-refractivity contribution in [3.63, 3.8) is 0 Å². The van der Waals surface area contributed by atoms with Crippen molar-refractivity contribution in [2.75, 3.05) is 12.4 Å². The predicted molar refractivity (Wildman–Crippen MR) is 64.8 cm³/mol. The van der Waals surface area contributed by atoms with Gasteiger partial charge in [0.25, 0.3) is 0 Å². The van der Waals surface area contributed by atoms with E-state index in [9.17, 15) is 4.79 Å². The maximum absolute atomic E-state index is 11.0. The molecule has 0 unspecified atom stereocenters. The number of halogens is 2. The monoisotopic (exact) mass is 303 g/mol. The number of fused-ring (bicyclic) bond motifs is 1. The van der Waals surface area contributed by atoms with Crippen LogP contribution in [-0.4, -0.2) is 23.2 Å². The average molecular weight is 305 g/mol. The number of aromatic nitrogens is 2. The Morgan fingerprint density at radius 3 is 3.06 bits per heavy atom. The number of ether oxygens (including phenoxy) is 1. The number of carbonyl (C=O) groups is 1. The molecule has 5 nitrogen and oxygen atoms in total. The lowest BCUT2D eigenvalue weighted by Crippen LogP contribution is -2.11. The van der Waals surface area contributed by atoms with Crippen LogP contribution in [0.15, 0.2) is 16.6 Å². The average Bonchev–Trinajstić information content (AvgIpc) is 2.60. The van der Waals surface area contributed by atoms with Crippen molar-refractivity contribution in [1.29, 1.82) is 0 Å². The third kappa shape index (κ3) is 2.12. The molecule has 2 rings (SSSR count). The molecule has 1 aromatic carbocycles. The standard InChI is InChI=1S/C9H7BrClN3O2/c1-16-9(15)14-8-12-6-3-4(10)2-5(11)7(6)13-8/h2-3H,1H3,(H2,12,13,14,15). The lowest BCUT2D eigenvalue weighted by molar-refractivity contribution is 0.186. The second-order valence-corrected chi connectivity index (χ2v) is 4.31. The minimum atomic E-state index is -0.589. The van der Waals surface area contributed by atoms with Crippen LogP contribution in [-0.2, 0) is 4.74 Å². The molecule has 0 atom stereocenters. The summed E-state index contributed by atoms with van der Waals surface area (Å²) in [5, 5.41) is 2.92. The number of H-pyrrole nitrogens is 1. The fourth-order valence-corrected chi connectivity index (χ4v) is 2.10. The molecule has 1 heterocycles. The summed E-state index contributed by atoms with van der Waals surface area (Å²) in [4.78, 5) is 18.0. The second-order valence-electron chi connectivity index (χ2n) is 2.99. The summed E-state index contributed by atoms with van der Waals surface area (Å²) in [5.41, 5.74) is 1.32. The Bertz CT molecular complexity index is 555. The minimum absolute atomic E-state index is 0.293. The summed E-state index contributed by atoms with van der Waals surface area (Å²) in [5.74, 6) is 0.293. The van der Waals surface area contributed by atoms with Crippen LogP contribution >= 0.6 is 27.5 Å². The van der Waals surface area contributed by atoms with E-state index in [1.54, 1.807) is 6.07 Å². The number of nitrogens with one attached hydrogen (secondary N) is 2. The minimum Gasteiger partial charge on any atom is -0.453 e. The summed E-state index contributed by atoms with van der Waals surface area (Å²) < 4.78 is 5.28. The quantitative estimate of drug-likeness (QED) is 0.850.